The van der Waals surface area contributed by atoms with E-state index in [1.807, 2.05) is 13.8 Å². The van der Waals surface area contributed by atoms with Gasteiger partial charge in [0.15, 0.2) is 0 Å². The maximum atomic E-state index is 4.21. The minimum absolute atomic E-state index is 0.652. The van der Waals surface area contributed by atoms with Gasteiger partial charge < -0.3 is 5.43 Å². The van der Waals surface area contributed by atoms with Crippen molar-refractivity contribution in [2.45, 2.75) is 52.0 Å². The van der Waals surface area contributed by atoms with Crippen LogP contribution in [0.25, 0.3) is 0 Å². The first-order chi connectivity index (χ1) is 5.29. The molecule has 0 heterocycles. The van der Waals surface area contributed by atoms with Gasteiger partial charge in [0, 0.05) is 11.8 Å². The molecule has 0 amide bonds. The molecule has 0 bridgehead atoms. The van der Waals surface area contributed by atoms with Gasteiger partial charge >= 0.3 is 0 Å². The molecule has 0 aliphatic heterocycles. The summed E-state index contributed by atoms with van der Waals surface area (Å²) in [6, 6.07) is 0.652. The van der Waals surface area contributed by atoms with Crippen LogP contribution in [0.1, 0.15) is 46.0 Å². The molecule has 1 aliphatic carbocycles. The van der Waals surface area contributed by atoms with Crippen molar-refractivity contribution >= 4 is 5.71 Å². The maximum absolute atomic E-state index is 4.21. The minimum Gasteiger partial charge on any atom is -0.307 e. The van der Waals surface area contributed by atoms with E-state index in [-0.39, 0.29) is 0 Å². The van der Waals surface area contributed by atoms with E-state index in [2.05, 4.69) is 10.5 Å². The molecule has 1 rings (SSSR count). The highest BCUT2D eigenvalue weighted by Crippen LogP contribution is 2.17. The Morgan fingerprint density at radius 1 is 1.18 bits per heavy atom. The van der Waals surface area contributed by atoms with Crippen LogP contribution in [0.2, 0.25) is 0 Å². The fourth-order valence-corrected chi connectivity index (χ4v) is 1.45. The van der Waals surface area contributed by atoms with Gasteiger partial charge in [0.25, 0.3) is 0 Å². The second-order valence-electron chi connectivity index (χ2n) is 3.52. The van der Waals surface area contributed by atoms with Crippen molar-refractivity contribution in [1.29, 1.82) is 0 Å². The van der Waals surface area contributed by atoms with Gasteiger partial charge in [0.1, 0.15) is 0 Å². The largest absolute Gasteiger partial charge is 0.307 e. The van der Waals surface area contributed by atoms with Gasteiger partial charge in [0.2, 0.25) is 0 Å². The van der Waals surface area contributed by atoms with E-state index in [1.165, 1.54) is 32.1 Å². The maximum Gasteiger partial charge on any atom is 0.0440 e. The zero-order chi connectivity index (χ0) is 8.10. The lowest BCUT2D eigenvalue weighted by Crippen LogP contribution is -2.27. The zero-order valence-corrected chi connectivity index (χ0v) is 7.56. The highest BCUT2D eigenvalue weighted by Gasteiger charge is 2.11. The van der Waals surface area contributed by atoms with E-state index < -0.39 is 0 Å². The van der Waals surface area contributed by atoms with Crippen molar-refractivity contribution in [3.8, 4) is 0 Å². The molecule has 64 valence electrons. The van der Waals surface area contributed by atoms with E-state index in [1.54, 1.807) is 0 Å². The summed E-state index contributed by atoms with van der Waals surface area (Å²) >= 11 is 0. The summed E-state index contributed by atoms with van der Waals surface area (Å²) in [7, 11) is 0. The van der Waals surface area contributed by atoms with Gasteiger partial charge in [-0.2, -0.15) is 5.10 Å². The van der Waals surface area contributed by atoms with E-state index in [4.69, 9.17) is 0 Å². The standard InChI is InChI=1S/C9H18N2/c1-8(2)10-11-9-6-4-3-5-7-9/h9,11H,3-7H2,1-2H3. The number of rotatable bonds is 2. The summed E-state index contributed by atoms with van der Waals surface area (Å²) in [6.07, 6.45) is 6.76. The van der Waals surface area contributed by atoms with Gasteiger partial charge in [0.05, 0.1) is 0 Å². The number of nitrogens with one attached hydrogen (secondary N) is 1. The van der Waals surface area contributed by atoms with Crippen LogP contribution in [0.4, 0.5) is 0 Å². The van der Waals surface area contributed by atoms with Crippen LogP contribution in [0.15, 0.2) is 5.10 Å². The van der Waals surface area contributed by atoms with Crippen LogP contribution >= 0.6 is 0 Å². The first kappa shape index (κ1) is 8.57. The van der Waals surface area contributed by atoms with Crippen molar-refractivity contribution in [3.63, 3.8) is 0 Å². The average molecular weight is 154 g/mol. The molecule has 11 heavy (non-hydrogen) atoms. The molecule has 1 N–H and O–H groups in total. The van der Waals surface area contributed by atoms with E-state index in [9.17, 15) is 0 Å². The number of hydrogen-bond acceptors (Lipinski definition) is 2. The first-order valence-electron chi connectivity index (χ1n) is 4.55. The van der Waals surface area contributed by atoms with Crippen LogP contribution in [0.3, 0.4) is 0 Å². The van der Waals surface area contributed by atoms with Gasteiger partial charge in [-0.1, -0.05) is 19.3 Å². The fraction of sp³-hybridized carbons (Fsp3) is 0.889. The minimum atomic E-state index is 0.652. The Morgan fingerprint density at radius 2 is 1.82 bits per heavy atom. The van der Waals surface area contributed by atoms with Gasteiger partial charge in [-0.05, 0) is 26.7 Å². The molecule has 2 heteroatoms. The fourth-order valence-electron chi connectivity index (χ4n) is 1.45. The molecule has 0 aromatic rings. The van der Waals surface area contributed by atoms with Crippen LogP contribution in [-0.4, -0.2) is 11.8 Å². The third-order valence-electron chi connectivity index (χ3n) is 2.08. The van der Waals surface area contributed by atoms with Gasteiger partial charge in [-0.15, -0.1) is 0 Å². The van der Waals surface area contributed by atoms with Crippen LogP contribution in [0.5, 0.6) is 0 Å². The van der Waals surface area contributed by atoms with E-state index in [0.717, 1.165) is 5.71 Å². The summed E-state index contributed by atoms with van der Waals surface area (Å²) in [6.45, 7) is 4.05. The van der Waals surface area contributed by atoms with Crippen molar-refractivity contribution in [3.05, 3.63) is 0 Å². The summed E-state index contributed by atoms with van der Waals surface area (Å²) in [5.41, 5.74) is 4.33. The molecular formula is C9H18N2. The molecule has 0 spiro atoms. The topological polar surface area (TPSA) is 24.4 Å². The predicted molar refractivity (Wildman–Crippen MR) is 48.8 cm³/mol. The van der Waals surface area contributed by atoms with E-state index >= 15 is 0 Å². The third kappa shape index (κ3) is 3.40. The Labute approximate surface area is 69.1 Å². The highest BCUT2D eigenvalue weighted by molar-refractivity contribution is 5.78. The van der Waals surface area contributed by atoms with Crippen LogP contribution in [-0.2, 0) is 0 Å². The SMILES string of the molecule is CC(C)=NNC1CCCCC1. The highest BCUT2D eigenvalue weighted by atomic mass is 15.3. The second-order valence-corrected chi connectivity index (χ2v) is 3.52. The van der Waals surface area contributed by atoms with Crippen molar-refractivity contribution in [2.24, 2.45) is 5.10 Å². The molecule has 2 nitrogen and oxygen atoms in total. The monoisotopic (exact) mass is 154 g/mol. The van der Waals surface area contributed by atoms with Crippen LogP contribution in [0, 0.1) is 0 Å². The quantitative estimate of drug-likeness (QED) is 0.479. The molecule has 0 saturated heterocycles. The molecule has 0 radical (unpaired) electrons. The van der Waals surface area contributed by atoms with Crippen molar-refractivity contribution < 1.29 is 0 Å². The van der Waals surface area contributed by atoms with Gasteiger partial charge in [-0.3, -0.25) is 0 Å². The number of nitrogens with zero attached hydrogens (tertiary/aromatic N) is 1. The molecular weight excluding hydrogens is 136 g/mol. The second kappa shape index (κ2) is 4.37. The lowest BCUT2D eigenvalue weighted by molar-refractivity contribution is 0.380. The summed E-state index contributed by atoms with van der Waals surface area (Å²) in [4.78, 5) is 0. The lowest BCUT2D eigenvalue weighted by atomic mass is 9.96. The Bertz CT molecular complexity index is 130. The Hall–Kier alpha value is -0.530. The van der Waals surface area contributed by atoms with Crippen LogP contribution < -0.4 is 5.43 Å². The molecule has 1 saturated carbocycles. The lowest BCUT2D eigenvalue weighted by Gasteiger charge is -2.20. The third-order valence-corrected chi connectivity index (χ3v) is 2.08. The Balaban J connectivity index is 2.19. The van der Waals surface area contributed by atoms with Crippen molar-refractivity contribution in [1.82, 2.24) is 5.43 Å². The van der Waals surface area contributed by atoms with Crippen molar-refractivity contribution in [2.75, 3.05) is 0 Å². The smallest absolute Gasteiger partial charge is 0.0440 e. The Kier molecular flexibility index (Phi) is 3.40. The molecule has 0 aromatic heterocycles. The molecule has 1 fully saturated rings. The summed E-state index contributed by atoms with van der Waals surface area (Å²) in [5.74, 6) is 0. The molecule has 0 unspecified atom stereocenters. The molecule has 1 aliphatic rings. The first-order valence-corrected chi connectivity index (χ1v) is 4.55. The average Bonchev–Trinajstić information content (AvgIpc) is 2.03. The van der Waals surface area contributed by atoms with Gasteiger partial charge in [-0.25, -0.2) is 0 Å². The predicted octanol–water partition coefficient (Wildman–Crippen LogP) is 2.30. The number of hydrogen-bond donors (Lipinski definition) is 1. The number of hydrazone groups is 1. The van der Waals surface area contributed by atoms with E-state index in [0.29, 0.717) is 6.04 Å². The molecule has 0 aromatic carbocycles. The summed E-state index contributed by atoms with van der Waals surface area (Å²) < 4.78 is 0. The molecule has 0 atom stereocenters. The summed E-state index contributed by atoms with van der Waals surface area (Å²) in [5, 5.41) is 4.21. The normalized spacial score (nSPS) is 19.5. The zero-order valence-electron chi connectivity index (χ0n) is 7.56. The Morgan fingerprint density at radius 3 is 2.36 bits per heavy atom.